The number of anilines is 2. The molecule has 1 saturated carbocycles. The molecule has 200 valence electrons. The van der Waals surface area contributed by atoms with Crippen molar-refractivity contribution in [2.75, 3.05) is 10.6 Å². The molecule has 2 aromatic carbocycles. The second-order valence-corrected chi connectivity index (χ2v) is 10.1. The first-order chi connectivity index (χ1) is 19.9. The van der Waals surface area contributed by atoms with Crippen LogP contribution in [0.3, 0.4) is 0 Å². The zero-order valence-electron chi connectivity index (χ0n) is 22.6. The predicted octanol–water partition coefficient (Wildman–Crippen LogP) is 6.99. The number of fused-ring (bicyclic) bond motifs is 1. The van der Waals surface area contributed by atoms with Crippen LogP contribution in [0.2, 0.25) is 5.02 Å². The molecule has 1 fully saturated rings. The Balaban J connectivity index is 1.46. The van der Waals surface area contributed by atoms with E-state index in [4.69, 9.17) is 11.6 Å². The van der Waals surface area contributed by atoms with Crippen molar-refractivity contribution in [1.82, 2.24) is 25.0 Å². The van der Waals surface area contributed by atoms with E-state index in [1.54, 1.807) is 23.0 Å². The lowest BCUT2D eigenvalue weighted by molar-refractivity contribution is 0.581. The van der Waals surface area contributed by atoms with E-state index < -0.39 is 12.0 Å². The number of halogens is 2. The van der Waals surface area contributed by atoms with Gasteiger partial charge in [-0.1, -0.05) is 60.1 Å². The average Bonchev–Trinajstić information content (AvgIpc) is 3.72. The Kier molecular flexibility index (Phi) is 6.68. The van der Waals surface area contributed by atoms with Crippen molar-refractivity contribution in [3.8, 4) is 6.07 Å². The molecular weight excluding hydrogens is 527 g/mol. The van der Waals surface area contributed by atoms with Crippen molar-refractivity contribution >= 4 is 33.9 Å². The number of benzene rings is 2. The number of rotatable bonds is 9. The SMILES string of the molecule is [2H][C@@](Nc1cc(Cl)c2ncc(C#N)c(N[C@H](CC)c3ccccc3)c2c1)(c1ccc(F)nc1)c1cn(C2CC2)nn1. The van der Waals surface area contributed by atoms with Crippen LogP contribution >= 0.6 is 11.6 Å². The summed E-state index contributed by atoms with van der Waals surface area (Å²) in [6, 6.07) is 16.9. The quantitative estimate of drug-likeness (QED) is 0.190. The molecule has 0 bridgehead atoms. The minimum atomic E-state index is -1.67. The number of hydrogen-bond donors (Lipinski definition) is 2. The van der Waals surface area contributed by atoms with E-state index in [-0.39, 0.29) is 12.1 Å². The number of aromatic nitrogens is 5. The fourth-order valence-corrected chi connectivity index (χ4v) is 4.98. The molecule has 3 heterocycles. The predicted molar refractivity (Wildman–Crippen MR) is 153 cm³/mol. The first-order valence-electron chi connectivity index (χ1n) is 13.6. The normalized spacial score (nSPS) is 15.6. The van der Waals surface area contributed by atoms with Crippen LogP contribution in [0.4, 0.5) is 15.8 Å². The van der Waals surface area contributed by atoms with Crippen molar-refractivity contribution in [2.45, 2.75) is 44.3 Å². The molecule has 0 unspecified atom stereocenters. The van der Waals surface area contributed by atoms with Gasteiger partial charge in [0.15, 0.2) is 0 Å². The Morgan fingerprint density at radius 1 is 1.12 bits per heavy atom. The molecule has 1 aliphatic carbocycles. The van der Waals surface area contributed by atoms with E-state index in [9.17, 15) is 11.0 Å². The summed E-state index contributed by atoms with van der Waals surface area (Å²) in [5.74, 6) is -0.652. The van der Waals surface area contributed by atoms with E-state index >= 15 is 0 Å². The van der Waals surface area contributed by atoms with Gasteiger partial charge in [-0.15, -0.1) is 5.10 Å². The van der Waals surface area contributed by atoms with Crippen molar-refractivity contribution in [1.29, 1.82) is 5.26 Å². The third kappa shape index (κ3) is 5.18. The Morgan fingerprint density at radius 3 is 2.65 bits per heavy atom. The Morgan fingerprint density at radius 2 is 1.95 bits per heavy atom. The summed E-state index contributed by atoms with van der Waals surface area (Å²) in [7, 11) is 0. The van der Waals surface area contributed by atoms with Gasteiger partial charge in [-0.25, -0.2) is 9.67 Å². The van der Waals surface area contributed by atoms with E-state index in [0.717, 1.165) is 24.8 Å². The van der Waals surface area contributed by atoms with Crippen LogP contribution in [-0.4, -0.2) is 25.0 Å². The highest BCUT2D eigenvalue weighted by atomic mass is 35.5. The molecule has 0 amide bonds. The van der Waals surface area contributed by atoms with E-state index in [0.29, 0.717) is 44.1 Å². The van der Waals surface area contributed by atoms with Gasteiger partial charge in [0.05, 0.1) is 47.5 Å². The van der Waals surface area contributed by atoms with Crippen LogP contribution in [0.15, 0.2) is 73.2 Å². The monoisotopic (exact) mass is 553 g/mol. The summed E-state index contributed by atoms with van der Waals surface area (Å²) in [5, 5.41) is 26.2. The lowest BCUT2D eigenvalue weighted by Crippen LogP contribution is -2.14. The van der Waals surface area contributed by atoms with E-state index in [2.05, 4.69) is 43.9 Å². The van der Waals surface area contributed by atoms with Gasteiger partial charge in [0.2, 0.25) is 5.95 Å². The van der Waals surface area contributed by atoms with Crippen LogP contribution in [0, 0.1) is 17.3 Å². The van der Waals surface area contributed by atoms with Crippen LogP contribution in [0.25, 0.3) is 10.9 Å². The fourth-order valence-electron chi connectivity index (χ4n) is 4.71. The molecule has 0 spiro atoms. The molecule has 0 aliphatic heterocycles. The molecule has 40 heavy (non-hydrogen) atoms. The summed E-state index contributed by atoms with van der Waals surface area (Å²) in [6.07, 6.45) is 7.33. The largest absolute Gasteiger partial charge is 0.377 e. The van der Waals surface area contributed by atoms with Gasteiger partial charge in [-0.3, -0.25) is 4.98 Å². The summed E-state index contributed by atoms with van der Waals surface area (Å²) in [4.78, 5) is 8.24. The number of hydrogen-bond acceptors (Lipinski definition) is 7. The van der Waals surface area contributed by atoms with Gasteiger partial charge < -0.3 is 10.6 Å². The van der Waals surface area contributed by atoms with E-state index in [1.165, 1.54) is 24.5 Å². The van der Waals surface area contributed by atoms with Crippen LogP contribution in [-0.2, 0) is 0 Å². The van der Waals surface area contributed by atoms with Crippen LogP contribution in [0.1, 0.15) is 68.0 Å². The molecule has 0 saturated heterocycles. The molecular formula is C30H26ClFN8. The van der Waals surface area contributed by atoms with Crippen molar-refractivity contribution in [2.24, 2.45) is 0 Å². The molecule has 0 radical (unpaired) electrons. The number of nitrogens with one attached hydrogen (secondary N) is 2. The zero-order chi connectivity index (χ0) is 28.6. The maximum absolute atomic E-state index is 13.7. The number of pyridine rings is 2. The molecule has 5 aromatic rings. The third-order valence-corrected chi connectivity index (χ3v) is 7.23. The van der Waals surface area contributed by atoms with Crippen LogP contribution in [0.5, 0.6) is 0 Å². The molecule has 8 nitrogen and oxygen atoms in total. The maximum Gasteiger partial charge on any atom is 0.212 e. The van der Waals surface area contributed by atoms with Gasteiger partial charge in [-0.05, 0) is 48.6 Å². The Hall–Kier alpha value is -4.55. The lowest BCUT2D eigenvalue weighted by atomic mass is 10.0. The molecule has 6 rings (SSSR count). The standard InChI is InChI=1S/C30H26ClFN8/c1-2-25(18-6-4-3-5-7-18)37-28-20(14-33)16-35-30-23(28)12-21(13-24(30)31)36-29(19-8-11-27(32)34-15-19)26-17-40(39-38-26)22-9-10-22/h3-8,11-13,15-17,22,25,29,36H,2,9-10H2,1H3,(H,35,37)/t25-,29-/m1/s1/i29D. The van der Waals surface area contributed by atoms with Gasteiger partial charge in [0.25, 0.3) is 0 Å². The van der Waals surface area contributed by atoms with Crippen molar-refractivity contribution in [3.05, 3.63) is 107 Å². The molecule has 1 aliphatic rings. The highest BCUT2D eigenvalue weighted by molar-refractivity contribution is 6.35. The first kappa shape index (κ1) is 24.5. The average molecular weight is 554 g/mol. The summed E-state index contributed by atoms with van der Waals surface area (Å²) in [6.45, 7) is 2.07. The molecule has 3 aromatic heterocycles. The summed E-state index contributed by atoms with van der Waals surface area (Å²) >= 11 is 6.74. The highest BCUT2D eigenvalue weighted by Gasteiger charge is 2.27. The summed E-state index contributed by atoms with van der Waals surface area (Å²) in [5.41, 5.74) is 3.74. The fraction of sp³-hybridized carbons (Fsp3) is 0.233. The third-order valence-electron chi connectivity index (χ3n) is 6.95. The minimum absolute atomic E-state index is 0.0673. The summed E-state index contributed by atoms with van der Waals surface area (Å²) < 4.78 is 25.0. The maximum atomic E-state index is 13.7. The zero-order valence-corrected chi connectivity index (χ0v) is 22.4. The van der Waals surface area contributed by atoms with Crippen LogP contribution < -0.4 is 10.6 Å². The van der Waals surface area contributed by atoms with Gasteiger partial charge in [0, 0.05) is 23.5 Å². The Labute approximate surface area is 237 Å². The molecule has 2 N–H and O–H groups in total. The minimum Gasteiger partial charge on any atom is -0.377 e. The smallest absolute Gasteiger partial charge is 0.212 e. The Bertz CT molecular complexity index is 1750. The van der Waals surface area contributed by atoms with E-state index in [1.807, 2.05) is 30.3 Å². The first-order valence-corrected chi connectivity index (χ1v) is 13.4. The number of nitrogens with zero attached hydrogens (tertiary/aromatic N) is 6. The topological polar surface area (TPSA) is 104 Å². The highest BCUT2D eigenvalue weighted by Crippen LogP contribution is 2.38. The molecule has 10 heteroatoms. The van der Waals surface area contributed by atoms with Gasteiger partial charge >= 0.3 is 0 Å². The number of nitriles is 1. The molecule has 2 atom stereocenters. The van der Waals surface area contributed by atoms with Gasteiger partial charge in [0.1, 0.15) is 11.8 Å². The lowest BCUT2D eigenvalue weighted by Gasteiger charge is -2.22. The second-order valence-electron chi connectivity index (χ2n) is 9.71. The second kappa shape index (κ2) is 10.9. The van der Waals surface area contributed by atoms with Gasteiger partial charge in [-0.2, -0.15) is 9.65 Å². The van der Waals surface area contributed by atoms with Crippen molar-refractivity contribution in [3.63, 3.8) is 0 Å². The van der Waals surface area contributed by atoms with Crippen molar-refractivity contribution < 1.29 is 5.76 Å².